The predicted molar refractivity (Wildman–Crippen MR) is 29.9 cm³/mol. The highest BCUT2D eigenvalue weighted by molar-refractivity contribution is 6.29. The molecular weight excluding hydrogens is 164 g/mol. The molecule has 0 saturated heterocycles. The smallest absolute Gasteiger partial charge is 0.180 e. The van der Waals surface area contributed by atoms with Crippen molar-refractivity contribution in [3.05, 3.63) is 17.4 Å². The zero-order valence-electron chi connectivity index (χ0n) is 4.68. The number of nitrogens with one attached hydrogen (secondary N) is 1. The van der Waals surface area contributed by atoms with Crippen molar-refractivity contribution in [3.8, 4) is 0 Å². The monoisotopic (exact) mass is 166 g/mol. The maximum Gasteiger partial charge on any atom is 0.408 e. The number of halogens is 3. The van der Waals surface area contributed by atoms with E-state index in [4.69, 9.17) is 11.6 Å². The molecule has 0 atom stereocenters. The molecule has 1 N–H and O–H groups in total. The molecule has 1 aromatic rings. The van der Waals surface area contributed by atoms with Crippen molar-refractivity contribution in [1.82, 2.24) is 9.97 Å². The number of hydrogen-bond acceptors (Lipinski definition) is 2. The van der Waals surface area contributed by atoms with Gasteiger partial charge in [0, 0.05) is 15.2 Å². The van der Waals surface area contributed by atoms with Gasteiger partial charge in [-0.3, -0.25) is 0 Å². The van der Waals surface area contributed by atoms with Crippen molar-refractivity contribution in [2.45, 2.75) is 0 Å². The molecule has 0 spiro atoms. The van der Waals surface area contributed by atoms with Crippen LogP contribution in [0.5, 0.6) is 0 Å². The molecule has 0 radical (unpaired) electrons. The molecule has 3 nitrogen and oxygen atoms in total. The molecule has 0 aliphatic carbocycles. The summed E-state index contributed by atoms with van der Waals surface area (Å²) in [5, 5.41) is -1.92. The molecule has 0 bridgehead atoms. The van der Waals surface area contributed by atoms with E-state index in [1.54, 1.807) is 0 Å². The Morgan fingerprint density at radius 3 is 2.60 bits per heavy atom. The molecule has 10 heavy (non-hydrogen) atoms. The van der Waals surface area contributed by atoms with Gasteiger partial charge in [0.2, 0.25) is 0 Å². The minimum absolute atomic E-state index is 0.0119. The summed E-state index contributed by atoms with van der Waals surface area (Å²) in [5.41, 5.74) is 0. The molecule has 6 heteroatoms. The van der Waals surface area contributed by atoms with Crippen molar-refractivity contribution < 1.29 is 14.3 Å². The molecule has 0 aromatic carbocycles. The fourth-order valence-corrected chi connectivity index (χ4v) is 0.564. The summed E-state index contributed by atoms with van der Waals surface area (Å²) in [6, 6.07) is 1.33. The van der Waals surface area contributed by atoms with Crippen LogP contribution in [0.3, 0.4) is 0 Å². The number of hydrogen-bond donors (Lipinski definition) is 1. The highest BCUT2D eigenvalue weighted by atomic mass is 35.5. The third-order valence-electron chi connectivity index (χ3n) is 0.791. The minimum Gasteiger partial charge on any atom is -0.180 e. The van der Waals surface area contributed by atoms with E-state index in [9.17, 15) is 8.96 Å². The van der Waals surface area contributed by atoms with Gasteiger partial charge in [0.1, 0.15) is 10.5 Å². The van der Waals surface area contributed by atoms with Gasteiger partial charge in [-0.1, -0.05) is 11.6 Å². The van der Waals surface area contributed by atoms with Gasteiger partial charge in [0.05, 0.1) is 0 Å². The zero-order valence-corrected chi connectivity index (χ0v) is 5.44. The van der Waals surface area contributed by atoms with Crippen molar-refractivity contribution in [3.63, 3.8) is 0 Å². The van der Waals surface area contributed by atoms with Crippen LogP contribution in [-0.2, 0) is 0 Å². The van der Waals surface area contributed by atoms with E-state index in [0.717, 1.165) is 0 Å². The second kappa shape index (κ2) is 2.85. The van der Waals surface area contributed by atoms with Crippen molar-refractivity contribution in [2.75, 3.05) is 0 Å². The van der Waals surface area contributed by atoms with Crippen LogP contribution >= 0.6 is 11.6 Å². The predicted octanol–water partition coefficient (Wildman–Crippen LogP) is 0.415. The Bertz CT molecular complexity index is 229. The summed E-state index contributed by atoms with van der Waals surface area (Å²) in [7, 11) is 0. The molecule has 1 aromatic heterocycles. The van der Waals surface area contributed by atoms with Crippen LogP contribution in [0, 0.1) is 0 Å². The van der Waals surface area contributed by atoms with Gasteiger partial charge in [0.15, 0.2) is 0 Å². The van der Waals surface area contributed by atoms with E-state index in [1.165, 1.54) is 12.3 Å². The fourth-order valence-electron chi connectivity index (χ4n) is 0.428. The lowest BCUT2D eigenvalue weighted by atomic mass is 10.7. The quantitative estimate of drug-likeness (QED) is 0.484. The van der Waals surface area contributed by atoms with Crippen LogP contribution in [0.15, 0.2) is 12.3 Å². The largest absolute Gasteiger partial charge is 0.408 e. The third kappa shape index (κ3) is 1.58. The van der Waals surface area contributed by atoms with Gasteiger partial charge < -0.3 is 0 Å². The zero-order chi connectivity index (χ0) is 7.56. The Balaban J connectivity index is 2.96. The van der Waals surface area contributed by atoms with E-state index >= 15 is 0 Å². The summed E-state index contributed by atoms with van der Waals surface area (Å²) in [5.74, 6) is -0.618. The third-order valence-corrected chi connectivity index (χ3v) is 1.00. The Labute approximate surface area is 60.1 Å². The first-order valence-electron chi connectivity index (χ1n) is 2.37. The lowest BCUT2D eigenvalue weighted by molar-refractivity contribution is -1.11. The molecular formula is C4H3ClF2N3+. The van der Waals surface area contributed by atoms with Gasteiger partial charge in [-0.05, 0) is 6.07 Å². The van der Waals surface area contributed by atoms with Crippen LogP contribution in [0.1, 0.15) is 0 Å². The maximum absolute atomic E-state index is 11.7. The van der Waals surface area contributed by atoms with E-state index in [2.05, 4.69) is 9.97 Å². The summed E-state index contributed by atoms with van der Waals surface area (Å²) < 4.78 is 23.4. The van der Waals surface area contributed by atoms with Gasteiger partial charge in [-0.25, -0.2) is 0 Å². The van der Waals surface area contributed by atoms with Gasteiger partial charge in [-0.15, -0.1) is 0 Å². The first-order valence-corrected chi connectivity index (χ1v) is 2.75. The van der Waals surface area contributed by atoms with Crippen molar-refractivity contribution >= 4 is 17.5 Å². The van der Waals surface area contributed by atoms with E-state index in [1.807, 2.05) is 0 Å². The molecule has 0 fully saturated rings. The number of nitrogens with zero attached hydrogens (tertiary/aromatic N) is 2. The lowest BCUT2D eigenvalue weighted by Gasteiger charge is -1.89. The summed E-state index contributed by atoms with van der Waals surface area (Å²) in [4.78, 5) is 6.50. The highest BCUT2D eigenvalue weighted by Gasteiger charge is 2.14. The summed E-state index contributed by atoms with van der Waals surface area (Å²) in [6.45, 7) is 0. The molecule has 0 unspecified atom stereocenters. The standard InChI is InChI=1S/C4H2ClF2N3/c5-3-1-2-8-4(9-3)10(6)7/h1-2H/p+1. The first-order chi connectivity index (χ1) is 4.70. The normalized spacial score (nSPS) is 10.4. The molecule has 0 amide bonds. The molecule has 0 aliphatic heterocycles. The van der Waals surface area contributed by atoms with Crippen molar-refractivity contribution in [1.29, 1.82) is 0 Å². The van der Waals surface area contributed by atoms with Crippen LogP contribution in [-0.4, -0.2) is 9.97 Å². The number of rotatable bonds is 1. The maximum atomic E-state index is 11.7. The lowest BCUT2D eigenvalue weighted by Crippen LogP contribution is -2.91. The number of quaternary nitrogens is 1. The van der Waals surface area contributed by atoms with Crippen LogP contribution in [0.2, 0.25) is 5.15 Å². The van der Waals surface area contributed by atoms with E-state index < -0.39 is 11.3 Å². The Morgan fingerprint density at radius 1 is 1.50 bits per heavy atom. The second-order valence-corrected chi connectivity index (χ2v) is 1.85. The molecule has 1 rings (SSSR count). The average molecular weight is 167 g/mol. The molecule has 1 heterocycles. The highest BCUT2D eigenvalue weighted by Crippen LogP contribution is 2.02. The van der Waals surface area contributed by atoms with Gasteiger partial charge in [0.25, 0.3) is 0 Å². The molecule has 54 valence electrons. The summed E-state index contributed by atoms with van der Waals surface area (Å²) >= 11 is 5.29. The fraction of sp³-hybridized carbons (Fsp3) is 0. The van der Waals surface area contributed by atoms with Crippen LogP contribution in [0.25, 0.3) is 0 Å². The first kappa shape index (κ1) is 7.30. The Morgan fingerprint density at radius 2 is 2.20 bits per heavy atom. The van der Waals surface area contributed by atoms with E-state index in [0.29, 0.717) is 0 Å². The summed E-state index contributed by atoms with van der Waals surface area (Å²) in [6.07, 6.45) is 1.17. The van der Waals surface area contributed by atoms with Gasteiger partial charge >= 0.3 is 5.95 Å². The topological polar surface area (TPSA) is 30.2 Å². The van der Waals surface area contributed by atoms with Crippen LogP contribution < -0.4 is 5.34 Å². The van der Waals surface area contributed by atoms with Crippen LogP contribution in [0.4, 0.5) is 14.9 Å². The van der Waals surface area contributed by atoms with E-state index in [-0.39, 0.29) is 5.15 Å². The second-order valence-electron chi connectivity index (χ2n) is 1.46. The molecule has 0 aliphatic rings. The Hall–Kier alpha value is -0.810. The van der Waals surface area contributed by atoms with Crippen molar-refractivity contribution in [2.24, 2.45) is 0 Å². The minimum atomic E-state index is -1.93. The number of aromatic nitrogens is 2. The average Bonchev–Trinajstić information content (AvgIpc) is 1.88. The SMILES string of the molecule is F[NH+](F)c1nccc(Cl)n1. The van der Waals surface area contributed by atoms with Gasteiger partial charge in [-0.2, -0.15) is 9.97 Å². The molecule has 0 saturated carbocycles. The Kier molecular flexibility index (Phi) is 2.08.